The van der Waals surface area contributed by atoms with Crippen LogP contribution < -0.4 is 0 Å². The Hall–Kier alpha value is -3.62. The average Bonchev–Trinajstić information content (AvgIpc) is 3.85. The quantitative estimate of drug-likeness (QED) is 0.271. The largest absolute Gasteiger partial charge is 0.492 e. The highest BCUT2D eigenvalue weighted by Crippen LogP contribution is 2.37. The van der Waals surface area contributed by atoms with Gasteiger partial charge in [0.05, 0.1) is 24.2 Å². The first-order chi connectivity index (χ1) is 21.1. The number of aromatic hydroxyl groups is 2. The first-order valence-corrected chi connectivity index (χ1v) is 16.2. The second-order valence-electron chi connectivity index (χ2n) is 13.0. The van der Waals surface area contributed by atoms with Crippen LogP contribution in [-0.2, 0) is 13.1 Å². The normalized spacial score (nSPS) is 24.7. The molecule has 2 aliphatic carbocycles. The molecule has 2 N–H and O–H groups in total. The summed E-state index contributed by atoms with van der Waals surface area (Å²) in [6.45, 7) is 6.28. The molecule has 4 bridgehead atoms. The molecule has 3 aliphatic heterocycles. The van der Waals surface area contributed by atoms with Crippen molar-refractivity contribution in [2.45, 2.75) is 70.1 Å². The van der Waals surface area contributed by atoms with Gasteiger partial charge in [-0.3, -0.25) is 19.2 Å². The van der Waals surface area contributed by atoms with Gasteiger partial charge in [0.2, 0.25) is 11.8 Å². The van der Waals surface area contributed by atoms with Crippen molar-refractivity contribution in [1.29, 1.82) is 0 Å². The number of benzene rings is 2. The van der Waals surface area contributed by atoms with Crippen LogP contribution in [0.3, 0.4) is 0 Å². The lowest BCUT2D eigenvalue weighted by Gasteiger charge is -2.45. The molecular weight excluding hydrogens is 536 g/mol. The topological polar surface area (TPSA) is 82.6 Å². The van der Waals surface area contributed by atoms with E-state index in [-0.39, 0.29) is 11.8 Å². The monoisotopic (exact) mass is 580 g/mol. The predicted octanol–water partition coefficient (Wildman–Crippen LogP) is 5.87. The lowest BCUT2D eigenvalue weighted by Crippen LogP contribution is -2.48. The fourth-order valence-corrected chi connectivity index (χ4v) is 7.90. The summed E-state index contributed by atoms with van der Waals surface area (Å²) < 4.78 is 3.77. The molecule has 43 heavy (non-hydrogen) atoms. The Kier molecular flexibility index (Phi) is 8.22. The van der Waals surface area contributed by atoms with E-state index in [9.17, 15) is 10.2 Å². The molecule has 8 nitrogen and oxygen atoms in total. The Morgan fingerprint density at radius 3 is 1.47 bits per heavy atom. The zero-order valence-corrected chi connectivity index (χ0v) is 25.0. The van der Waals surface area contributed by atoms with E-state index in [0.29, 0.717) is 0 Å². The maximum absolute atomic E-state index is 10.1. The van der Waals surface area contributed by atoms with Crippen molar-refractivity contribution in [1.82, 2.24) is 29.4 Å². The zero-order chi connectivity index (χ0) is 29.2. The lowest BCUT2D eigenvalue weighted by atomic mass is 9.80. The molecule has 2 aromatic carbocycles. The highest BCUT2D eigenvalue weighted by Gasteiger charge is 2.37. The number of hydrogen-bond acceptors (Lipinski definition) is 6. The predicted molar refractivity (Wildman–Crippen MR) is 169 cm³/mol. The van der Waals surface area contributed by atoms with Gasteiger partial charge in [-0.05, 0) is 67.9 Å². The first-order valence-electron chi connectivity index (χ1n) is 16.2. The summed E-state index contributed by atoms with van der Waals surface area (Å²) in [6.07, 6.45) is 13.7. The second kappa shape index (κ2) is 12.5. The molecule has 9 rings (SSSR count). The van der Waals surface area contributed by atoms with Crippen molar-refractivity contribution in [2.24, 2.45) is 11.8 Å². The van der Waals surface area contributed by atoms with Crippen LogP contribution in [0.15, 0.2) is 73.1 Å². The fraction of sp³-hybridized carbons (Fsp3) is 0.486. The van der Waals surface area contributed by atoms with Crippen molar-refractivity contribution in [3.63, 3.8) is 0 Å². The molecule has 2 unspecified atom stereocenters. The van der Waals surface area contributed by atoms with Crippen molar-refractivity contribution in [2.75, 3.05) is 26.2 Å². The smallest absolute Gasteiger partial charge is 0.238 e. The number of hydrogen-bond donors (Lipinski definition) is 2. The van der Waals surface area contributed by atoms with E-state index in [1.54, 1.807) is 0 Å². The molecule has 0 spiro atoms. The molecule has 2 saturated carbocycles. The Morgan fingerprint density at radius 2 is 1.02 bits per heavy atom. The fourth-order valence-electron chi connectivity index (χ4n) is 7.90. The molecular formula is C35H44N6O2. The summed E-state index contributed by atoms with van der Waals surface area (Å²) >= 11 is 0. The van der Waals surface area contributed by atoms with Crippen molar-refractivity contribution in [3.05, 3.63) is 73.1 Å². The van der Waals surface area contributed by atoms with Gasteiger partial charge >= 0.3 is 0 Å². The second-order valence-corrected chi connectivity index (χ2v) is 13.0. The molecule has 4 aromatic rings. The molecule has 2 atom stereocenters. The van der Waals surface area contributed by atoms with Crippen molar-refractivity contribution in [3.8, 4) is 34.0 Å². The van der Waals surface area contributed by atoms with Gasteiger partial charge in [-0.15, -0.1) is 10.2 Å². The third-order valence-corrected chi connectivity index (χ3v) is 10.2. The highest BCUT2D eigenvalue weighted by molar-refractivity contribution is 5.68. The average molecular weight is 581 g/mol. The van der Waals surface area contributed by atoms with Crippen LogP contribution in [0.5, 0.6) is 11.8 Å². The van der Waals surface area contributed by atoms with E-state index >= 15 is 0 Å². The number of aromatic nitrogens is 4. The first kappa shape index (κ1) is 28.2. The number of rotatable bonds is 8. The molecule has 5 aliphatic rings. The van der Waals surface area contributed by atoms with Crippen LogP contribution in [-0.4, -0.2) is 77.8 Å². The molecule has 0 radical (unpaired) electrons. The van der Waals surface area contributed by atoms with Crippen LogP contribution in [0.1, 0.15) is 44.9 Å². The maximum Gasteiger partial charge on any atom is 0.238 e. The standard InChI is InChI=1S/C18H23N3O.C17H21N3O/c22-18-17(15-4-2-1-3-5-15)13-21(19-18)11-10-20-12-14-6-8-16(20)9-7-14;21-17-16(14-4-2-1-3-5-14)12-20(18-17)9-8-19-11-13-6-7-15(19)10-13/h1-5,13-14,16H,6-12H2,(H,19,22);1-5,12-13,15H,6-11H2,(H,18,21). The molecule has 3 saturated heterocycles. The summed E-state index contributed by atoms with van der Waals surface area (Å²) in [6, 6.07) is 21.5. The van der Waals surface area contributed by atoms with Crippen molar-refractivity contribution >= 4 is 0 Å². The summed E-state index contributed by atoms with van der Waals surface area (Å²) in [5, 5.41) is 28.7. The molecule has 2 aromatic heterocycles. The van der Waals surface area contributed by atoms with E-state index in [1.807, 2.05) is 82.4 Å². The van der Waals surface area contributed by atoms with E-state index < -0.39 is 0 Å². The number of piperidine rings is 3. The SMILES string of the molecule is Oc1nn(CCN2CC3CCC2C3)cc1-c1ccccc1.Oc1nn(CCN2CC3CCC2CC3)cc1-c1ccccc1. The van der Waals surface area contributed by atoms with Gasteiger partial charge in [-0.25, -0.2) is 0 Å². The van der Waals surface area contributed by atoms with Crippen LogP contribution in [0, 0.1) is 11.8 Å². The number of likely N-dealkylation sites (tertiary alicyclic amines) is 1. The van der Waals surface area contributed by atoms with Crippen molar-refractivity contribution < 1.29 is 10.2 Å². The number of nitrogens with zero attached hydrogens (tertiary/aromatic N) is 6. The van der Waals surface area contributed by atoms with E-state index in [2.05, 4.69) is 20.0 Å². The van der Waals surface area contributed by atoms with E-state index in [0.717, 1.165) is 72.4 Å². The van der Waals surface area contributed by atoms with Crippen LogP contribution in [0.25, 0.3) is 22.3 Å². The minimum Gasteiger partial charge on any atom is -0.492 e. The summed E-state index contributed by atoms with van der Waals surface area (Å²) in [7, 11) is 0. The van der Waals surface area contributed by atoms with Gasteiger partial charge in [0, 0.05) is 50.7 Å². The van der Waals surface area contributed by atoms with Crippen LogP contribution >= 0.6 is 0 Å². The van der Waals surface area contributed by atoms with Gasteiger partial charge in [-0.2, -0.15) is 0 Å². The van der Waals surface area contributed by atoms with Gasteiger partial charge in [0.25, 0.3) is 0 Å². The Morgan fingerprint density at radius 1 is 0.558 bits per heavy atom. The Labute approximate surface area is 254 Å². The van der Waals surface area contributed by atoms with E-state index in [1.165, 1.54) is 58.0 Å². The van der Waals surface area contributed by atoms with Gasteiger partial charge < -0.3 is 10.2 Å². The minimum absolute atomic E-state index is 0.129. The minimum atomic E-state index is 0.129. The van der Waals surface area contributed by atoms with Gasteiger partial charge in [0.1, 0.15) is 0 Å². The summed E-state index contributed by atoms with van der Waals surface area (Å²) in [5.74, 6) is 2.10. The number of fused-ring (bicyclic) bond motifs is 5. The summed E-state index contributed by atoms with van der Waals surface area (Å²) in [5.41, 5.74) is 3.67. The highest BCUT2D eigenvalue weighted by atomic mass is 16.3. The van der Waals surface area contributed by atoms with E-state index in [4.69, 9.17) is 0 Å². The third-order valence-electron chi connectivity index (χ3n) is 10.2. The molecule has 8 heteroatoms. The molecule has 0 amide bonds. The van der Waals surface area contributed by atoms with Crippen LogP contribution in [0.4, 0.5) is 0 Å². The lowest BCUT2D eigenvalue weighted by molar-refractivity contribution is 0.0455. The summed E-state index contributed by atoms with van der Waals surface area (Å²) in [4.78, 5) is 5.22. The van der Waals surface area contributed by atoms with Gasteiger partial charge in [-0.1, -0.05) is 60.7 Å². The molecule has 5 fully saturated rings. The van der Waals surface area contributed by atoms with Crippen LogP contribution in [0.2, 0.25) is 0 Å². The zero-order valence-electron chi connectivity index (χ0n) is 25.0. The molecule has 5 heterocycles. The molecule has 226 valence electrons. The Balaban J connectivity index is 0.000000140. The Bertz CT molecular complexity index is 1480. The maximum atomic E-state index is 10.1. The third kappa shape index (κ3) is 6.36. The van der Waals surface area contributed by atoms with Gasteiger partial charge in [0.15, 0.2) is 0 Å².